The fourth-order valence-corrected chi connectivity index (χ4v) is 1.70. The van der Waals surface area contributed by atoms with Crippen LogP contribution in [0.3, 0.4) is 0 Å². The maximum Gasteiger partial charge on any atom is 0.248 e. The quantitative estimate of drug-likeness (QED) is 0.774. The smallest absolute Gasteiger partial charge is 0.248 e. The first-order chi connectivity index (χ1) is 8.61. The van der Waals surface area contributed by atoms with Crippen LogP contribution in [0.4, 0.5) is 0 Å². The SMILES string of the molecule is CCCNC(CC)c1nnc(C(C)(CC)OC)o1. The summed E-state index contributed by atoms with van der Waals surface area (Å²) in [6.07, 6.45) is 2.81. The lowest BCUT2D eigenvalue weighted by Crippen LogP contribution is -2.24. The second-order valence-electron chi connectivity index (χ2n) is 4.65. The molecule has 5 nitrogen and oxygen atoms in total. The van der Waals surface area contributed by atoms with Crippen molar-refractivity contribution in [2.45, 2.75) is 58.6 Å². The number of methoxy groups -OCH3 is 1. The Morgan fingerprint density at radius 2 is 2.06 bits per heavy atom. The predicted molar refractivity (Wildman–Crippen MR) is 70.3 cm³/mol. The molecule has 0 fully saturated rings. The topological polar surface area (TPSA) is 60.2 Å². The first-order valence-corrected chi connectivity index (χ1v) is 6.73. The highest BCUT2D eigenvalue weighted by atomic mass is 16.5. The summed E-state index contributed by atoms with van der Waals surface area (Å²) in [6, 6.07) is 0.129. The van der Waals surface area contributed by atoms with Crippen LogP contribution in [0.5, 0.6) is 0 Å². The molecule has 0 aliphatic rings. The Hall–Kier alpha value is -0.940. The highest BCUT2D eigenvalue weighted by Crippen LogP contribution is 2.28. The van der Waals surface area contributed by atoms with Gasteiger partial charge in [0, 0.05) is 7.11 Å². The molecular formula is C13H25N3O2. The molecule has 2 atom stereocenters. The molecule has 0 radical (unpaired) electrons. The van der Waals surface area contributed by atoms with Crippen LogP contribution < -0.4 is 5.32 Å². The summed E-state index contributed by atoms with van der Waals surface area (Å²) in [4.78, 5) is 0. The Balaban J connectivity index is 2.83. The normalized spacial score (nSPS) is 16.5. The minimum Gasteiger partial charge on any atom is -0.420 e. The molecule has 1 rings (SSSR count). The third-order valence-electron chi connectivity index (χ3n) is 3.37. The minimum atomic E-state index is -0.492. The third kappa shape index (κ3) is 3.29. The molecule has 0 aliphatic heterocycles. The molecule has 0 saturated carbocycles. The maximum absolute atomic E-state index is 5.77. The van der Waals surface area contributed by atoms with Gasteiger partial charge in [-0.05, 0) is 32.7 Å². The van der Waals surface area contributed by atoms with Crippen LogP contribution in [0.1, 0.15) is 64.8 Å². The number of hydrogen-bond acceptors (Lipinski definition) is 5. The van der Waals surface area contributed by atoms with Crippen molar-refractivity contribution < 1.29 is 9.15 Å². The van der Waals surface area contributed by atoms with Crippen LogP contribution in [-0.4, -0.2) is 23.9 Å². The lowest BCUT2D eigenvalue weighted by Gasteiger charge is -2.21. The zero-order chi connectivity index (χ0) is 13.6. The van der Waals surface area contributed by atoms with E-state index in [1.54, 1.807) is 7.11 Å². The number of nitrogens with one attached hydrogen (secondary N) is 1. The molecule has 0 saturated heterocycles. The first kappa shape index (κ1) is 15.1. The second-order valence-corrected chi connectivity index (χ2v) is 4.65. The lowest BCUT2D eigenvalue weighted by molar-refractivity contribution is -0.0245. The first-order valence-electron chi connectivity index (χ1n) is 6.73. The van der Waals surface area contributed by atoms with E-state index in [0.29, 0.717) is 11.8 Å². The Morgan fingerprint density at radius 3 is 2.56 bits per heavy atom. The molecule has 1 N–H and O–H groups in total. The van der Waals surface area contributed by atoms with E-state index < -0.39 is 5.60 Å². The van der Waals surface area contributed by atoms with E-state index >= 15 is 0 Å². The van der Waals surface area contributed by atoms with Gasteiger partial charge in [-0.3, -0.25) is 0 Å². The summed E-state index contributed by atoms with van der Waals surface area (Å²) in [5, 5.41) is 11.7. The standard InChI is InChI=1S/C13H25N3O2/c1-6-9-14-10(7-2)11-15-16-12(18-11)13(4,8-3)17-5/h10,14H,6-9H2,1-5H3. The molecule has 1 heterocycles. The van der Waals surface area contributed by atoms with Gasteiger partial charge in [-0.15, -0.1) is 10.2 Å². The van der Waals surface area contributed by atoms with Crippen LogP contribution in [0.2, 0.25) is 0 Å². The molecular weight excluding hydrogens is 230 g/mol. The summed E-state index contributed by atoms with van der Waals surface area (Å²) in [6.45, 7) is 9.20. The monoisotopic (exact) mass is 255 g/mol. The highest BCUT2D eigenvalue weighted by molar-refractivity contribution is 4.97. The van der Waals surface area contributed by atoms with Crippen molar-refractivity contribution in [1.82, 2.24) is 15.5 Å². The van der Waals surface area contributed by atoms with E-state index in [-0.39, 0.29) is 6.04 Å². The number of hydrogen-bond donors (Lipinski definition) is 1. The minimum absolute atomic E-state index is 0.129. The van der Waals surface area contributed by atoms with Gasteiger partial charge >= 0.3 is 0 Å². The van der Waals surface area contributed by atoms with E-state index in [2.05, 4.69) is 29.4 Å². The van der Waals surface area contributed by atoms with Crippen LogP contribution in [-0.2, 0) is 10.3 Å². The van der Waals surface area contributed by atoms with Gasteiger partial charge in [0.15, 0.2) is 0 Å². The predicted octanol–water partition coefficient (Wildman–Crippen LogP) is 2.79. The number of rotatable bonds is 8. The van der Waals surface area contributed by atoms with Gasteiger partial charge in [-0.2, -0.15) is 0 Å². The average molecular weight is 255 g/mol. The van der Waals surface area contributed by atoms with Gasteiger partial charge in [-0.1, -0.05) is 20.8 Å². The molecule has 104 valence electrons. The van der Waals surface area contributed by atoms with Gasteiger partial charge in [0.2, 0.25) is 11.8 Å². The summed E-state index contributed by atoms with van der Waals surface area (Å²) < 4.78 is 11.2. The van der Waals surface area contributed by atoms with Crippen molar-refractivity contribution in [3.05, 3.63) is 11.8 Å². The Bertz CT molecular complexity index is 348. The third-order valence-corrected chi connectivity index (χ3v) is 3.37. The summed E-state index contributed by atoms with van der Waals surface area (Å²) >= 11 is 0. The molecule has 1 aromatic rings. The van der Waals surface area contributed by atoms with Gasteiger partial charge in [-0.25, -0.2) is 0 Å². The number of aromatic nitrogens is 2. The van der Waals surface area contributed by atoms with E-state index in [4.69, 9.17) is 9.15 Å². The molecule has 18 heavy (non-hydrogen) atoms. The Morgan fingerprint density at radius 1 is 1.33 bits per heavy atom. The van der Waals surface area contributed by atoms with Crippen molar-refractivity contribution in [2.75, 3.05) is 13.7 Å². The van der Waals surface area contributed by atoms with Gasteiger partial charge < -0.3 is 14.5 Å². The van der Waals surface area contributed by atoms with Crippen molar-refractivity contribution in [2.24, 2.45) is 0 Å². The van der Waals surface area contributed by atoms with Crippen LogP contribution >= 0.6 is 0 Å². The summed E-state index contributed by atoms with van der Waals surface area (Å²) in [5.74, 6) is 1.21. The van der Waals surface area contributed by atoms with E-state index in [1.165, 1.54) is 0 Å². The van der Waals surface area contributed by atoms with Gasteiger partial charge in [0.05, 0.1) is 6.04 Å². The molecule has 0 amide bonds. The second kappa shape index (κ2) is 6.85. The lowest BCUT2D eigenvalue weighted by atomic mass is 10.0. The van der Waals surface area contributed by atoms with Crippen molar-refractivity contribution in [1.29, 1.82) is 0 Å². The molecule has 0 aliphatic carbocycles. The zero-order valence-corrected chi connectivity index (χ0v) is 12.1. The molecule has 2 unspecified atom stereocenters. The molecule has 5 heteroatoms. The fourth-order valence-electron chi connectivity index (χ4n) is 1.70. The molecule has 1 aromatic heterocycles. The number of nitrogens with zero attached hydrogens (tertiary/aromatic N) is 2. The largest absolute Gasteiger partial charge is 0.420 e. The molecule has 0 aromatic carbocycles. The van der Waals surface area contributed by atoms with Crippen molar-refractivity contribution in [3.63, 3.8) is 0 Å². The van der Waals surface area contributed by atoms with E-state index in [0.717, 1.165) is 25.8 Å². The zero-order valence-electron chi connectivity index (χ0n) is 12.1. The van der Waals surface area contributed by atoms with Crippen molar-refractivity contribution >= 4 is 0 Å². The number of ether oxygens (including phenoxy) is 1. The summed E-state index contributed by atoms with van der Waals surface area (Å²) in [5.41, 5.74) is -0.492. The van der Waals surface area contributed by atoms with Gasteiger partial charge in [0.1, 0.15) is 5.60 Å². The van der Waals surface area contributed by atoms with Crippen LogP contribution in [0.25, 0.3) is 0 Å². The van der Waals surface area contributed by atoms with Crippen LogP contribution in [0, 0.1) is 0 Å². The maximum atomic E-state index is 5.77. The highest BCUT2D eigenvalue weighted by Gasteiger charge is 2.31. The average Bonchev–Trinajstić information content (AvgIpc) is 2.89. The molecule has 0 bridgehead atoms. The van der Waals surface area contributed by atoms with Crippen LogP contribution in [0.15, 0.2) is 4.42 Å². The van der Waals surface area contributed by atoms with Crippen molar-refractivity contribution in [3.8, 4) is 0 Å². The van der Waals surface area contributed by atoms with E-state index in [1.807, 2.05) is 13.8 Å². The van der Waals surface area contributed by atoms with E-state index in [9.17, 15) is 0 Å². The van der Waals surface area contributed by atoms with Gasteiger partial charge in [0.25, 0.3) is 0 Å². The Kier molecular flexibility index (Phi) is 5.75. The Labute approximate surface area is 109 Å². The molecule has 0 spiro atoms. The summed E-state index contributed by atoms with van der Waals surface area (Å²) in [7, 11) is 1.67. The fraction of sp³-hybridized carbons (Fsp3) is 0.846.